The highest BCUT2D eigenvalue weighted by Gasteiger charge is 2.19. The van der Waals surface area contributed by atoms with Gasteiger partial charge in [0.15, 0.2) is 0 Å². The molecule has 3 nitrogen and oxygen atoms in total. The first-order chi connectivity index (χ1) is 11.2. The van der Waals surface area contributed by atoms with Crippen molar-refractivity contribution >= 4 is 17.3 Å². The van der Waals surface area contributed by atoms with Gasteiger partial charge in [-0.3, -0.25) is 0 Å². The molecular weight excluding hydrogens is 310 g/mol. The Labute approximate surface area is 142 Å². The van der Waals surface area contributed by atoms with Gasteiger partial charge in [-0.1, -0.05) is 48.0 Å². The van der Waals surface area contributed by atoms with E-state index in [9.17, 15) is 5.11 Å². The molecule has 0 aliphatic carbocycles. The van der Waals surface area contributed by atoms with Crippen molar-refractivity contribution in [2.24, 2.45) is 0 Å². The summed E-state index contributed by atoms with van der Waals surface area (Å²) in [7, 11) is 0. The second-order valence-corrected chi connectivity index (χ2v) is 6.35. The van der Waals surface area contributed by atoms with Crippen molar-refractivity contribution in [1.29, 1.82) is 0 Å². The number of para-hydroxylation sites is 1. The molecule has 2 aromatic carbocycles. The van der Waals surface area contributed by atoms with Gasteiger partial charge in [-0.15, -0.1) is 0 Å². The average molecular weight is 332 g/mol. The van der Waals surface area contributed by atoms with Crippen LogP contribution in [-0.4, -0.2) is 30.9 Å². The normalized spacial score (nSPS) is 15.3. The van der Waals surface area contributed by atoms with Crippen molar-refractivity contribution in [1.82, 2.24) is 0 Å². The fraction of sp³-hybridized carbons (Fsp3) is 0.368. The van der Waals surface area contributed by atoms with Gasteiger partial charge in [0.2, 0.25) is 0 Å². The quantitative estimate of drug-likeness (QED) is 0.876. The number of aryl methyl sites for hydroxylation is 1. The number of ether oxygens (including phenoxy) is 1. The molecule has 2 aromatic rings. The van der Waals surface area contributed by atoms with Crippen LogP contribution in [0.15, 0.2) is 48.5 Å². The first kappa shape index (κ1) is 16.3. The van der Waals surface area contributed by atoms with Crippen LogP contribution in [-0.2, 0) is 17.8 Å². The lowest BCUT2D eigenvalue weighted by Gasteiger charge is -2.32. The summed E-state index contributed by atoms with van der Waals surface area (Å²) < 4.78 is 5.63. The van der Waals surface area contributed by atoms with Gasteiger partial charge in [-0.05, 0) is 36.1 Å². The monoisotopic (exact) mass is 331 g/mol. The van der Waals surface area contributed by atoms with E-state index in [1.165, 1.54) is 11.3 Å². The van der Waals surface area contributed by atoms with E-state index in [1.807, 2.05) is 24.3 Å². The van der Waals surface area contributed by atoms with E-state index in [0.29, 0.717) is 24.8 Å². The van der Waals surface area contributed by atoms with Crippen LogP contribution < -0.4 is 4.90 Å². The zero-order valence-electron chi connectivity index (χ0n) is 13.1. The molecule has 1 heterocycles. The maximum absolute atomic E-state index is 10.3. The number of rotatable bonds is 6. The predicted octanol–water partition coefficient (Wildman–Crippen LogP) is 3.67. The molecule has 4 heteroatoms. The van der Waals surface area contributed by atoms with Crippen LogP contribution >= 0.6 is 11.6 Å². The van der Waals surface area contributed by atoms with Crippen LogP contribution in [0.5, 0.6) is 0 Å². The molecule has 0 saturated carbocycles. The van der Waals surface area contributed by atoms with Crippen LogP contribution in [0.4, 0.5) is 5.69 Å². The molecule has 122 valence electrons. The molecule has 1 N–H and O–H groups in total. The molecule has 3 rings (SSSR count). The summed E-state index contributed by atoms with van der Waals surface area (Å²) in [4.78, 5) is 2.25. The molecule has 1 atom stereocenters. The SMILES string of the molecule is O[C@@H](COCc1ccccc1Cl)CN1CCCc2ccccc21. The van der Waals surface area contributed by atoms with Crippen molar-refractivity contribution in [2.45, 2.75) is 25.6 Å². The van der Waals surface area contributed by atoms with E-state index < -0.39 is 6.10 Å². The number of nitrogens with zero attached hydrogens (tertiary/aromatic N) is 1. The largest absolute Gasteiger partial charge is 0.389 e. The summed E-state index contributed by atoms with van der Waals surface area (Å²) in [5, 5.41) is 11.0. The Morgan fingerprint density at radius 1 is 1.13 bits per heavy atom. The minimum absolute atomic E-state index is 0.309. The molecule has 1 aliphatic heterocycles. The molecule has 1 aliphatic rings. The number of benzene rings is 2. The molecule has 23 heavy (non-hydrogen) atoms. The highest BCUT2D eigenvalue weighted by atomic mass is 35.5. The first-order valence-electron chi connectivity index (χ1n) is 8.06. The summed E-state index contributed by atoms with van der Waals surface area (Å²) in [6.07, 6.45) is 1.74. The predicted molar refractivity (Wildman–Crippen MR) is 94.1 cm³/mol. The maximum Gasteiger partial charge on any atom is 0.0948 e. The first-order valence-corrected chi connectivity index (χ1v) is 8.44. The number of hydrogen-bond donors (Lipinski definition) is 1. The Balaban J connectivity index is 1.50. The Hall–Kier alpha value is -1.55. The van der Waals surface area contributed by atoms with Gasteiger partial charge < -0.3 is 14.7 Å². The van der Waals surface area contributed by atoms with E-state index in [1.54, 1.807) is 0 Å². The lowest BCUT2D eigenvalue weighted by molar-refractivity contribution is 0.0319. The van der Waals surface area contributed by atoms with Gasteiger partial charge in [-0.2, -0.15) is 0 Å². The number of fused-ring (bicyclic) bond motifs is 1. The maximum atomic E-state index is 10.3. The molecular formula is C19H22ClNO2. The van der Waals surface area contributed by atoms with Gasteiger partial charge in [0.25, 0.3) is 0 Å². The third-order valence-electron chi connectivity index (χ3n) is 4.16. The lowest BCUT2D eigenvalue weighted by Crippen LogP contribution is -2.38. The smallest absolute Gasteiger partial charge is 0.0948 e. The number of β-amino-alcohol motifs (C(OH)–C–C–N with tert-alkyl or cyclic N) is 1. The van der Waals surface area contributed by atoms with Gasteiger partial charge in [0.1, 0.15) is 0 Å². The third kappa shape index (κ3) is 4.25. The fourth-order valence-corrected chi connectivity index (χ4v) is 3.22. The average Bonchev–Trinajstić information content (AvgIpc) is 2.57. The number of halogens is 1. The highest BCUT2D eigenvalue weighted by Crippen LogP contribution is 2.26. The molecule has 0 unspecified atom stereocenters. The Morgan fingerprint density at radius 3 is 2.78 bits per heavy atom. The Kier molecular flexibility index (Phi) is 5.55. The topological polar surface area (TPSA) is 32.7 Å². The molecule has 0 fully saturated rings. The second-order valence-electron chi connectivity index (χ2n) is 5.94. The van der Waals surface area contributed by atoms with E-state index in [4.69, 9.17) is 16.3 Å². The van der Waals surface area contributed by atoms with Gasteiger partial charge in [0, 0.05) is 23.8 Å². The summed E-state index contributed by atoms with van der Waals surface area (Å²) in [6.45, 7) is 2.31. The van der Waals surface area contributed by atoms with Crippen LogP contribution in [0.2, 0.25) is 5.02 Å². The van der Waals surface area contributed by atoms with E-state index in [-0.39, 0.29) is 0 Å². The second kappa shape index (κ2) is 7.82. The molecule has 0 bridgehead atoms. The zero-order chi connectivity index (χ0) is 16.1. The summed E-state index contributed by atoms with van der Waals surface area (Å²) >= 11 is 6.10. The minimum atomic E-state index is -0.511. The number of aliphatic hydroxyl groups excluding tert-OH is 1. The van der Waals surface area contributed by atoms with Gasteiger partial charge >= 0.3 is 0 Å². The number of anilines is 1. The summed E-state index contributed by atoms with van der Waals surface area (Å²) in [6, 6.07) is 16.0. The van der Waals surface area contributed by atoms with E-state index in [2.05, 4.69) is 29.2 Å². The van der Waals surface area contributed by atoms with Crippen LogP contribution in [0.3, 0.4) is 0 Å². The van der Waals surface area contributed by atoms with Crippen LogP contribution in [0, 0.1) is 0 Å². The fourth-order valence-electron chi connectivity index (χ4n) is 3.03. The zero-order valence-corrected chi connectivity index (χ0v) is 13.9. The Bertz CT molecular complexity index is 647. The third-order valence-corrected chi connectivity index (χ3v) is 4.53. The lowest BCUT2D eigenvalue weighted by atomic mass is 10.0. The van der Waals surface area contributed by atoms with Gasteiger partial charge in [0.05, 0.1) is 19.3 Å². The van der Waals surface area contributed by atoms with E-state index in [0.717, 1.165) is 24.9 Å². The van der Waals surface area contributed by atoms with Crippen LogP contribution in [0.25, 0.3) is 0 Å². The van der Waals surface area contributed by atoms with E-state index >= 15 is 0 Å². The van der Waals surface area contributed by atoms with Crippen LogP contribution in [0.1, 0.15) is 17.5 Å². The summed E-state index contributed by atoms with van der Waals surface area (Å²) in [5.74, 6) is 0. The Morgan fingerprint density at radius 2 is 1.91 bits per heavy atom. The molecule has 0 spiro atoms. The molecule has 0 amide bonds. The molecule has 0 radical (unpaired) electrons. The minimum Gasteiger partial charge on any atom is -0.389 e. The van der Waals surface area contributed by atoms with Gasteiger partial charge in [-0.25, -0.2) is 0 Å². The van der Waals surface area contributed by atoms with Crippen molar-refractivity contribution in [2.75, 3.05) is 24.6 Å². The van der Waals surface area contributed by atoms with Crippen molar-refractivity contribution in [3.05, 3.63) is 64.7 Å². The highest BCUT2D eigenvalue weighted by molar-refractivity contribution is 6.31. The standard InChI is InChI=1S/C19H22ClNO2/c20-18-9-3-1-7-16(18)13-23-14-17(22)12-21-11-5-8-15-6-2-4-10-19(15)21/h1-4,6-7,9-10,17,22H,5,8,11-14H2/t17-/m1/s1. The number of aliphatic hydroxyl groups is 1. The van der Waals surface area contributed by atoms with Crippen molar-refractivity contribution in [3.63, 3.8) is 0 Å². The molecule has 0 aromatic heterocycles. The van der Waals surface area contributed by atoms with Crippen molar-refractivity contribution in [3.8, 4) is 0 Å². The summed E-state index contributed by atoms with van der Waals surface area (Å²) in [5.41, 5.74) is 3.55. The number of hydrogen-bond acceptors (Lipinski definition) is 3. The molecule has 0 saturated heterocycles. The van der Waals surface area contributed by atoms with Crippen molar-refractivity contribution < 1.29 is 9.84 Å².